The predicted molar refractivity (Wildman–Crippen MR) is 103 cm³/mol. The number of methoxy groups -OCH3 is 1. The first kappa shape index (κ1) is 18.9. The third kappa shape index (κ3) is 4.65. The molecule has 138 valence electrons. The maximum absolute atomic E-state index is 13.8. The van der Waals surface area contributed by atoms with Gasteiger partial charge in [-0.1, -0.05) is 24.3 Å². The molecule has 0 heterocycles. The van der Waals surface area contributed by atoms with Crippen LogP contribution in [0, 0.1) is 11.6 Å². The molecule has 1 N–H and O–H groups in total. The summed E-state index contributed by atoms with van der Waals surface area (Å²) in [5, 5.41) is 2.30. The number of carbonyl (C=O) groups excluding carboxylic acids is 1. The van der Waals surface area contributed by atoms with Gasteiger partial charge in [0, 0.05) is 21.8 Å². The molecule has 0 aliphatic rings. The Morgan fingerprint density at radius 1 is 1.00 bits per heavy atom. The summed E-state index contributed by atoms with van der Waals surface area (Å²) >= 11 is 1.60. The Morgan fingerprint density at radius 3 is 2.37 bits per heavy atom. The lowest BCUT2D eigenvalue weighted by Crippen LogP contribution is -2.14. The van der Waals surface area contributed by atoms with Crippen molar-refractivity contribution < 1.29 is 18.3 Å². The number of amides is 1. The van der Waals surface area contributed by atoms with Crippen LogP contribution in [-0.4, -0.2) is 13.0 Å². The fourth-order valence-corrected chi connectivity index (χ4v) is 3.41. The standard InChI is InChI=1S/C21H17F2NO2S/c1-26-19-11-10-14(12-15(19)13-27-16-6-3-2-4-7-16)21(25)24-20-17(22)8-5-9-18(20)23/h2-12H,13H2,1H3,(H,24,25). The van der Waals surface area contributed by atoms with Crippen molar-refractivity contribution in [3.05, 3.63) is 89.5 Å². The van der Waals surface area contributed by atoms with Crippen LogP contribution >= 0.6 is 11.8 Å². The van der Waals surface area contributed by atoms with Crippen LogP contribution in [0.15, 0.2) is 71.6 Å². The number of thioether (sulfide) groups is 1. The van der Waals surface area contributed by atoms with Crippen LogP contribution in [0.1, 0.15) is 15.9 Å². The molecule has 27 heavy (non-hydrogen) atoms. The monoisotopic (exact) mass is 385 g/mol. The number of hydrogen-bond acceptors (Lipinski definition) is 3. The van der Waals surface area contributed by atoms with Gasteiger partial charge >= 0.3 is 0 Å². The van der Waals surface area contributed by atoms with Crippen LogP contribution in [0.5, 0.6) is 5.75 Å². The van der Waals surface area contributed by atoms with E-state index in [1.165, 1.54) is 6.07 Å². The number of benzene rings is 3. The number of halogens is 2. The summed E-state index contributed by atoms with van der Waals surface area (Å²) in [5.41, 5.74) is 0.647. The van der Waals surface area contributed by atoms with E-state index in [2.05, 4.69) is 5.32 Å². The van der Waals surface area contributed by atoms with Gasteiger partial charge in [0.25, 0.3) is 5.91 Å². The highest BCUT2D eigenvalue weighted by Crippen LogP contribution is 2.29. The number of anilines is 1. The van der Waals surface area contributed by atoms with Gasteiger partial charge in [0.15, 0.2) is 0 Å². The predicted octanol–water partition coefficient (Wildman–Crippen LogP) is 5.52. The van der Waals surface area contributed by atoms with Gasteiger partial charge in [0.1, 0.15) is 23.1 Å². The van der Waals surface area contributed by atoms with Gasteiger partial charge in [0.05, 0.1) is 7.11 Å². The molecule has 0 bridgehead atoms. The van der Waals surface area contributed by atoms with Crippen molar-refractivity contribution >= 4 is 23.4 Å². The first-order chi connectivity index (χ1) is 13.1. The van der Waals surface area contributed by atoms with Gasteiger partial charge in [-0.05, 0) is 42.5 Å². The molecular formula is C21H17F2NO2S. The van der Waals surface area contributed by atoms with E-state index in [9.17, 15) is 13.6 Å². The maximum Gasteiger partial charge on any atom is 0.255 e. The minimum Gasteiger partial charge on any atom is -0.496 e. The molecule has 1 amide bonds. The van der Waals surface area contributed by atoms with Crippen molar-refractivity contribution in [2.75, 3.05) is 12.4 Å². The third-order valence-corrected chi connectivity index (χ3v) is 4.94. The first-order valence-corrected chi connectivity index (χ1v) is 9.17. The van der Waals surface area contributed by atoms with E-state index in [1.54, 1.807) is 37.1 Å². The first-order valence-electron chi connectivity index (χ1n) is 8.18. The quantitative estimate of drug-likeness (QED) is 0.568. The molecule has 0 fully saturated rings. The van der Waals surface area contributed by atoms with Crippen LogP contribution < -0.4 is 10.1 Å². The van der Waals surface area contributed by atoms with Crippen molar-refractivity contribution in [3.63, 3.8) is 0 Å². The highest BCUT2D eigenvalue weighted by Gasteiger charge is 2.15. The van der Waals surface area contributed by atoms with E-state index in [4.69, 9.17) is 4.74 Å². The highest BCUT2D eigenvalue weighted by molar-refractivity contribution is 7.98. The van der Waals surface area contributed by atoms with Gasteiger partial charge in [-0.2, -0.15) is 0 Å². The third-order valence-electron chi connectivity index (χ3n) is 3.88. The second-order valence-electron chi connectivity index (χ2n) is 5.68. The molecule has 3 nitrogen and oxygen atoms in total. The average molecular weight is 385 g/mol. The molecule has 0 aliphatic heterocycles. The number of nitrogens with one attached hydrogen (secondary N) is 1. The van der Waals surface area contributed by atoms with Crippen LogP contribution in [-0.2, 0) is 5.75 Å². The molecule has 0 unspecified atom stereocenters. The Morgan fingerprint density at radius 2 is 1.70 bits per heavy atom. The molecule has 0 saturated heterocycles. The largest absolute Gasteiger partial charge is 0.496 e. The van der Waals surface area contributed by atoms with Crippen molar-refractivity contribution in [3.8, 4) is 5.75 Å². The highest BCUT2D eigenvalue weighted by atomic mass is 32.2. The maximum atomic E-state index is 13.8. The molecule has 0 atom stereocenters. The Hall–Kier alpha value is -2.86. The van der Waals surface area contributed by atoms with Gasteiger partial charge in [0.2, 0.25) is 0 Å². The zero-order chi connectivity index (χ0) is 19.2. The molecule has 0 aliphatic carbocycles. The molecule has 6 heteroatoms. The van der Waals surface area contributed by atoms with Crippen LogP contribution in [0.3, 0.4) is 0 Å². The normalized spacial score (nSPS) is 10.5. The topological polar surface area (TPSA) is 38.3 Å². The van der Waals surface area contributed by atoms with Crippen molar-refractivity contribution in [2.24, 2.45) is 0 Å². The molecular weight excluding hydrogens is 368 g/mol. The Kier molecular flexibility index (Phi) is 6.08. The summed E-state index contributed by atoms with van der Waals surface area (Å²) in [6.07, 6.45) is 0. The second kappa shape index (κ2) is 8.68. The van der Waals surface area contributed by atoms with Crippen molar-refractivity contribution in [1.82, 2.24) is 0 Å². The number of para-hydroxylation sites is 1. The van der Waals surface area contributed by atoms with Crippen molar-refractivity contribution in [2.45, 2.75) is 10.6 Å². The lowest BCUT2D eigenvalue weighted by molar-refractivity contribution is 0.102. The fourth-order valence-electron chi connectivity index (χ4n) is 2.51. The van der Waals surface area contributed by atoms with E-state index in [1.807, 2.05) is 30.3 Å². The zero-order valence-electron chi connectivity index (χ0n) is 14.5. The Bertz CT molecular complexity index is 928. The number of carbonyl (C=O) groups is 1. The average Bonchev–Trinajstić information content (AvgIpc) is 2.69. The number of hydrogen-bond donors (Lipinski definition) is 1. The number of ether oxygens (including phenoxy) is 1. The smallest absolute Gasteiger partial charge is 0.255 e. The van der Waals surface area contributed by atoms with Gasteiger partial charge < -0.3 is 10.1 Å². The molecule has 3 rings (SSSR count). The Labute approximate surface area is 160 Å². The van der Waals surface area contributed by atoms with Gasteiger partial charge in [-0.25, -0.2) is 8.78 Å². The summed E-state index contributed by atoms with van der Waals surface area (Å²) in [4.78, 5) is 13.5. The molecule has 3 aromatic carbocycles. The van der Waals surface area contributed by atoms with Gasteiger partial charge in [-0.3, -0.25) is 4.79 Å². The van der Waals surface area contributed by atoms with E-state index in [0.717, 1.165) is 22.6 Å². The number of rotatable bonds is 6. The van der Waals surface area contributed by atoms with E-state index < -0.39 is 23.2 Å². The lowest BCUT2D eigenvalue weighted by Gasteiger charge is -2.12. The van der Waals surface area contributed by atoms with E-state index in [0.29, 0.717) is 17.1 Å². The lowest BCUT2D eigenvalue weighted by atomic mass is 10.1. The minimum absolute atomic E-state index is 0.294. The van der Waals surface area contributed by atoms with Crippen LogP contribution in [0.25, 0.3) is 0 Å². The summed E-state index contributed by atoms with van der Waals surface area (Å²) < 4.78 is 32.9. The minimum atomic E-state index is -0.822. The molecule has 0 aromatic heterocycles. The molecule has 3 aromatic rings. The molecule has 0 saturated carbocycles. The SMILES string of the molecule is COc1ccc(C(=O)Nc2c(F)cccc2F)cc1CSc1ccccc1. The fraction of sp³-hybridized carbons (Fsp3) is 0.0952. The van der Waals surface area contributed by atoms with Gasteiger partial charge in [-0.15, -0.1) is 11.8 Å². The summed E-state index contributed by atoms with van der Waals surface area (Å²) in [6, 6.07) is 18.2. The van der Waals surface area contributed by atoms with Crippen LogP contribution in [0.2, 0.25) is 0 Å². The second-order valence-corrected chi connectivity index (χ2v) is 6.73. The summed E-state index contributed by atoms with van der Waals surface area (Å²) in [6.45, 7) is 0. The van der Waals surface area contributed by atoms with Crippen molar-refractivity contribution in [1.29, 1.82) is 0 Å². The summed E-state index contributed by atoms with van der Waals surface area (Å²) in [5.74, 6) is -1.00. The van der Waals surface area contributed by atoms with E-state index >= 15 is 0 Å². The zero-order valence-corrected chi connectivity index (χ0v) is 15.4. The van der Waals surface area contributed by atoms with E-state index in [-0.39, 0.29) is 0 Å². The molecule has 0 spiro atoms. The Balaban J connectivity index is 1.80. The summed E-state index contributed by atoms with van der Waals surface area (Å²) in [7, 11) is 1.56. The van der Waals surface area contributed by atoms with Crippen LogP contribution in [0.4, 0.5) is 14.5 Å². The molecule has 0 radical (unpaired) electrons.